The van der Waals surface area contributed by atoms with Crippen molar-refractivity contribution in [2.45, 2.75) is 34.8 Å². The van der Waals surface area contributed by atoms with Crippen LogP contribution in [-0.2, 0) is 22.7 Å². The molecule has 9 heteroatoms. The summed E-state index contributed by atoms with van der Waals surface area (Å²) in [5, 5.41) is 24.3. The molecule has 0 heterocycles. The molecule has 1 unspecified atom stereocenters. The van der Waals surface area contributed by atoms with Crippen molar-refractivity contribution in [3.63, 3.8) is 0 Å². The minimum absolute atomic E-state index is 0.0790. The summed E-state index contributed by atoms with van der Waals surface area (Å²) in [6, 6.07) is 35.7. The van der Waals surface area contributed by atoms with Crippen LogP contribution >= 0.6 is 11.6 Å². The fourth-order valence-electron chi connectivity index (χ4n) is 4.97. The van der Waals surface area contributed by atoms with Gasteiger partial charge in [0.1, 0.15) is 11.5 Å². The van der Waals surface area contributed by atoms with Gasteiger partial charge in [0, 0.05) is 11.1 Å². The molecule has 2 atom stereocenters. The lowest BCUT2D eigenvalue weighted by atomic mass is 9.96. The van der Waals surface area contributed by atoms with Crippen molar-refractivity contribution in [2.24, 2.45) is 0 Å². The Balaban J connectivity index is 1.24. The van der Waals surface area contributed by atoms with Crippen LogP contribution in [0.4, 0.5) is 0 Å². The molecule has 0 saturated heterocycles. The normalized spacial score (nSPS) is 12.8. The van der Waals surface area contributed by atoms with E-state index >= 15 is 0 Å². The average Bonchev–Trinajstić information content (AvgIpc) is 3.05. The molecule has 0 aromatic heterocycles. The van der Waals surface area contributed by atoms with Crippen LogP contribution in [0.2, 0.25) is 5.02 Å². The first-order valence-electron chi connectivity index (χ1n) is 14.4. The largest absolute Gasteiger partial charge is 0.478 e. The topological polar surface area (TPSA) is 113 Å². The molecule has 230 valence electrons. The number of ether oxygens (including phenoxy) is 1. The van der Waals surface area contributed by atoms with Crippen LogP contribution in [0.3, 0.4) is 0 Å². The Morgan fingerprint density at radius 3 is 2.16 bits per heavy atom. The lowest BCUT2D eigenvalue weighted by Crippen LogP contribution is -2.38. The maximum atomic E-state index is 13.4. The molecular formula is C36H32ClNO6S. The van der Waals surface area contributed by atoms with Gasteiger partial charge in [-0.2, -0.15) is 0 Å². The standard InChI is InChI=1S/C36H32ClNO6S/c37-29-9-4-8-28(23-29)35(39)34(22-26-6-2-1-3-7-26)38-21-20-25-12-18-32(19-13-25)45(42,43)33-11-5-10-31(24-33)44-30-16-14-27(15-17-30)36(40)41/h1-19,23-24,34-35,38-39H,20-22H2,(H,40,41)/t34?,35-/m1/s1. The zero-order valence-corrected chi connectivity index (χ0v) is 25.8. The second-order valence-corrected chi connectivity index (χ2v) is 12.9. The SMILES string of the molecule is O=C(O)c1ccc(Oc2cccc(S(=O)(=O)c3ccc(CCNC(Cc4ccccc4)[C@H](O)c4cccc(Cl)c4)cc3)c2)cc1. The molecule has 0 radical (unpaired) electrons. The molecule has 0 fully saturated rings. The molecule has 5 rings (SSSR count). The number of sulfone groups is 1. The quantitative estimate of drug-likeness (QED) is 0.125. The number of benzene rings is 5. The first-order chi connectivity index (χ1) is 21.7. The molecule has 3 N–H and O–H groups in total. The van der Waals surface area contributed by atoms with Gasteiger partial charge in [-0.1, -0.05) is 72.3 Å². The number of aliphatic hydroxyl groups excluding tert-OH is 1. The fraction of sp³-hybridized carbons (Fsp3) is 0.139. The number of hydrogen-bond donors (Lipinski definition) is 3. The minimum atomic E-state index is -3.82. The van der Waals surface area contributed by atoms with Crippen LogP contribution in [0.1, 0.15) is 33.2 Å². The van der Waals surface area contributed by atoms with Crippen molar-refractivity contribution in [2.75, 3.05) is 6.54 Å². The Bertz CT molecular complexity index is 1850. The third-order valence-electron chi connectivity index (χ3n) is 7.38. The minimum Gasteiger partial charge on any atom is -0.478 e. The second-order valence-electron chi connectivity index (χ2n) is 10.6. The number of carbonyl (C=O) groups is 1. The molecule has 5 aromatic carbocycles. The van der Waals surface area contributed by atoms with Crippen LogP contribution in [0, 0.1) is 0 Å². The van der Waals surface area contributed by atoms with Crippen LogP contribution in [0.25, 0.3) is 0 Å². The Hall–Kier alpha value is -4.47. The average molecular weight is 642 g/mol. The molecule has 0 aliphatic heterocycles. The maximum absolute atomic E-state index is 13.4. The van der Waals surface area contributed by atoms with Gasteiger partial charge < -0.3 is 20.3 Å². The predicted octanol–water partition coefficient (Wildman–Crippen LogP) is 7.14. The van der Waals surface area contributed by atoms with E-state index in [1.807, 2.05) is 42.5 Å². The highest BCUT2D eigenvalue weighted by atomic mass is 35.5. The highest BCUT2D eigenvalue weighted by molar-refractivity contribution is 7.91. The maximum Gasteiger partial charge on any atom is 0.335 e. The van der Waals surface area contributed by atoms with Crippen molar-refractivity contribution in [3.05, 3.63) is 155 Å². The number of carboxylic acid groups (broad SMARTS) is 1. The van der Waals surface area contributed by atoms with Gasteiger partial charge in [-0.15, -0.1) is 0 Å². The van der Waals surface area contributed by atoms with Gasteiger partial charge in [0.2, 0.25) is 9.84 Å². The molecule has 0 amide bonds. The van der Waals surface area contributed by atoms with Crippen LogP contribution < -0.4 is 10.1 Å². The summed E-state index contributed by atoms with van der Waals surface area (Å²) in [4.78, 5) is 11.3. The number of aliphatic hydroxyl groups is 1. The summed E-state index contributed by atoms with van der Waals surface area (Å²) in [7, 11) is -3.82. The van der Waals surface area contributed by atoms with Crippen LogP contribution in [0.5, 0.6) is 11.5 Å². The van der Waals surface area contributed by atoms with Gasteiger partial charge >= 0.3 is 5.97 Å². The lowest BCUT2D eigenvalue weighted by Gasteiger charge is -2.25. The first kappa shape index (κ1) is 31.9. The third kappa shape index (κ3) is 8.38. The second kappa shape index (κ2) is 14.5. The van der Waals surface area contributed by atoms with E-state index in [0.717, 1.165) is 16.7 Å². The summed E-state index contributed by atoms with van der Waals surface area (Å²) < 4.78 is 32.6. The van der Waals surface area contributed by atoms with E-state index in [4.69, 9.17) is 21.4 Å². The van der Waals surface area contributed by atoms with E-state index < -0.39 is 21.9 Å². The van der Waals surface area contributed by atoms with Crippen molar-refractivity contribution < 1.29 is 28.2 Å². The molecule has 5 aromatic rings. The summed E-state index contributed by atoms with van der Waals surface area (Å²) >= 11 is 6.18. The number of hydrogen-bond acceptors (Lipinski definition) is 6. The van der Waals surface area contributed by atoms with Crippen LogP contribution in [0.15, 0.2) is 137 Å². The molecule has 0 saturated carbocycles. The molecular weight excluding hydrogens is 610 g/mol. The Labute approximate surface area is 267 Å². The summed E-state index contributed by atoms with van der Waals surface area (Å²) in [5.74, 6) is -0.345. The number of aromatic carboxylic acids is 1. The smallest absolute Gasteiger partial charge is 0.335 e. The molecule has 0 spiro atoms. The fourth-order valence-corrected chi connectivity index (χ4v) is 6.46. The molecule has 7 nitrogen and oxygen atoms in total. The summed E-state index contributed by atoms with van der Waals surface area (Å²) in [6.45, 7) is 0.564. The van der Waals surface area contributed by atoms with E-state index in [0.29, 0.717) is 35.9 Å². The summed E-state index contributed by atoms with van der Waals surface area (Å²) in [5.41, 5.74) is 2.89. The van der Waals surface area contributed by atoms with Crippen molar-refractivity contribution >= 4 is 27.4 Å². The van der Waals surface area contributed by atoms with Crippen molar-refractivity contribution in [1.82, 2.24) is 5.32 Å². The van der Waals surface area contributed by atoms with E-state index in [9.17, 15) is 18.3 Å². The molecule has 0 aliphatic carbocycles. The van der Waals surface area contributed by atoms with E-state index in [1.165, 1.54) is 36.4 Å². The van der Waals surface area contributed by atoms with Gasteiger partial charge in [0.15, 0.2) is 0 Å². The van der Waals surface area contributed by atoms with Gasteiger partial charge in [0.25, 0.3) is 0 Å². The lowest BCUT2D eigenvalue weighted by molar-refractivity contribution is 0.0697. The Morgan fingerprint density at radius 2 is 1.47 bits per heavy atom. The summed E-state index contributed by atoms with van der Waals surface area (Å²) in [6.07, 6.45) is 0.459. The van der Waals surface area contributed by atoms with Crippen LogP contribution in [-0.4, -0.2) is 37.2 Å². The zero-order chi connectivity index (χ0) is 31.8. The highest BCUT2D eigenvalue weighted by Crippen LogP contribution is 2.28. The van der Waals surface area contributed by atoms with E-state index in [1.54, 1.807) is 48.5 Å². The van der Waals surface area contributed by atoms with Crippen molar-refractivity contribution in [1.29, 1.82) is 0 Å². The number of rotatable bonds is 13. The van der Waals surface area contributed by atoms with Gasteiger partial charge in [0.05, 0.1) is 21.5 Å². The zero-order valence-electron chi connectivity index (χ0n) is 24.2. The Kier molecular flexibility index (Phi) is 10.3. The molecule has 0 aliphatic rings. The van der Waals surface area contributed by atoms with E-state index in [-0.39, 0.29) is 21.4 Å². The Morgan fingerprint density at radius 1 is 0.756 bits per heavy atom. The molecule has 45 heavy (non-hydrogen) atoms. The third-order valence-corrected chi connectivity index (χ3v) is 9.38. The van der Waals surface area contributed by atoms with Crippen molar-refractivity contribution in [3.8, 4) is 11.5 Å². The predicted molar refractivity (Wildman–Crippen MR) is 174 cm³/mol. The van der Waals surface area contributed by atoms with E-state index in [2.05, 4.69) is 5.32 Å². The van der Waals surface area contributed by atoms with Gasteiger partial charge in [-0.3, -0.25) is 0 Å². The first-order valence-corrected chi connectivity index (χ1v) is 16.2. The van der Waals surface area contributed by atoms with Gasteiger partial charge in [-0.05, 0) is 103 Å². The van der Waals surface area contributed by atoms with Gasteiger partial charge in [-0.25, -0.2) is 13.2 Å². The number of nitrogens with one attached hydrogen (secondary N) is 1. The number of halogens is 1. The number of carboxylic acids is 1. The monoisotopic (exact) mass is 641 g/mol. The molecule has 0 bridgehead atoms. The highest BCUT2D eigenvalue weighted by Gasteiger charge is 2.22.